The molecule has 0 saturated heterocycles. The summed E-state index contributed by atoms with van der Waals surface area (Å²) in [5, 5.41) is 20.9. The fourth-order valence-corrected chi connectivity index (χ4v) is 2.14. The number of hydrogen-bond donors (Lipinski definition) is 3. The SMILES string of the molecule is O=C(Cn1nc2ccccc2n1)NCC(O)c1cccc(=O)[nH]1. The standard InChI is InChI=1S/C15H15N5O3/c21-13(12-6-3-7-14(22)17-12)8-16-15(23)9-20-18-10-4-1-2-5-11(10)19-20/h1-7,13,21H,8-9H2,(H,16,23)(H,17,22). The molecule has 23 heavy (non-hydrogen) atoms. The molecule has 2 heterocycles. The van der Waals surface area contributed by atoms with E-state index in [0.717, 1.165) is 0 Å². The Morgan fingerprint density at radius 2 is 1.87 bits per heavy atom. The van der Waals surface area contributed by atoms with E-state index in [-0.39, 0.29) is 24.6 Å². The molecule has 0 saturated carbocycles. The first-order chi connectivity index (χ1) is 11.1. The molecule has 1 atom stereocenters. The van der Waals surface area contributed by atoms with E-state index in [9.17, 15) is 14.7 Å². The zero-order chi connectivity index (χ0) is 16.2. The van der Waals surface area contributed by atoms with E-state index < -0.39 is 6.10 Å². The van der Waals surface area contributed by atoms with E-state index in [1.165, 1.54) is 10.9 Å². The molecule has 8 heteroatoms. The lowest BCUT2D eigenvalue weighted by atomic mass is 10.2. The Bertz CT molecular complexity index is 853. The number of amides is 1. The number of nitrogens with zero attached hydrogens (tertiary/aromatic N) is 3. The van der Waals surface area contributed by atoms with Gasteiger partial charge in [-0.15, -0.1) is 0 Å². The second-order valence-electron chi connectivity index (χ2n) is 5.01. The minimum atomic E-state index is -0.988. The third kappa shape index (κ3) is 3.61. The summed E-state index contributed by atoms with van der Waals surface area (Å²) < 4.78 is 0. The first-order valence-corrected chi connectivity index (χ1v) is 7.06. The van der Waals surface area contributed by atoms with Gasteiger partial charge in [-0.2, -0.15) is 15.0 Å². The number of aromatic amines is 1. The van der Waals surface area contributed by atoms with Gasteiger partial charge in [-0.1, -0.05) is 18.2 Å². The minimum absolute atomic E-state index is 0.0143. The second-order valence-corrected chi connectivity index (χ2v) is 5.01. The quantitative estimate of drug-likeness (QED) is 0.612. The van der Waals surface area contributed by atoms with E-state index >= 15 is 0 Å². The first kappa shape index (κ1) is 14.9. The van der Waals surface area contributed by atoms with Crippen LogP contribution in [-0.4, -0.2) is 37.5 Å². The van der Waals surface area contributed by atoms with Crippen molar-refractivity contribution in [2.24, 2.45) is 0 Å². The molecule has 0 spiro atoms. The fourth-order valence-electron chi connectivity index (χ4n) is 2.14. The number of benzene rings is 1. The van der Waals surface area contributed by atoms with Crippen molar-refractivity contribution in [1.82, 2.24) is 25.3 Å². The lowest BCUT2D eigenvalue weighted by Gasteiger charge is -2.11. The van der Waals surface area contributed by atoms with E-state index in [2.05, 4.69) is 20.5 Å². The van der Waals surface area contributed by atoms with Crippen LogP contribution in [0.15, 0.2) is 47.3 Å². The lowest BCUT2D eigenvalue weighted by Crippen LogP contribution is -2.32. The molecular formula is C15H15N5O3. The molecule has 3 rings (SSSR count). The number of H-pyrrole nitrogens is 1. The predicted molar refractivity (Wildman–Crippen MR) is 82.6 cm³/mol. The van der Waals surface area contributed by atoms with Crippen molar-refractivity contribution < 1.29 is 9.90 Å². The fraction of sp³-hybridized carbons (Fsp3) is 0.200. The van der Waals surface area contributed by atoms with Gasteiger partial charge >= 0.3 is 0 Å². The number of aliphatic hydroxyl groups is 1. The van der Waals surface area contributed by atoms with Crippen LogP contribution < -0.4 is 10.9 Å². The molecule has 1 aromatic carbocycles. The Morgan fingerprint density at radius 1 is 1.17 bits per heavy atom. The van der Waals surface area contributed by atoms with Gasteiger partial charge in [-0.3, -0.25) is 9.59 Å². The van der Waals surface area contributed by atoms with Crippen molar-refractivity contribution in [2.45, 2.75) is 12.6 Å². The number of carbonyl (C=O) groups is 1. The Labute approximate surface area is 130 Å². The van der Waals surface area contributed by atoms with Gasteiger partial charge in [0.15, 0.2) is 0 Å². The number of aliphatic hydroxyl groups excluding tert-OH is 1. The Morgan fingerprint density at radius 3 is 2.52 bits per heavy atom. The average Bonchev–Trinajstić information content (AvgIpc) is 2.94. The van der Waals surface area contributed by atoms with Crippen LogP contribution in [0, 0.1) is 0 Å². The lowest BCUT2D eigenvalue weighted by molar-refractivity contribution is -0.122. The van der Waals surface area contributed by atoms with Gasteiger partial charge in [-0.05, 0) is 18.2 Å². The highest BCUT2D eigenvalue weighted by molar-refractivity contribution is 5.77. The molecule has 3 aromatic rings. The van der Waals surface area contributed by atoms with Crippen LogP contribution in [0.4, 0.5) is 0 Å². The highest BCUT2D eigenvalue weighted by Gasteiger charge is 2.11. The summed E-state index contributed by atoms with van der Waals surface area (Å²) in [5.74, 6) is -0.331. The number of pyridine rings is 1. The van der Waals surface area contributed by atoms with Crippen LogP contribution >= 0.6 is 0 Å². The summed E-state index contributed by atoms with van der Waals surface area (Å²) in [7, 11) is 0. The smallest absolute Gasteiger partial charge is 0.248 e. The van der Waals surface area contributed by atoms with Gasteiger partial charge in [-0.25, -0.2) is 0 Å². The van der Waals surface area contributed by atoms with Crippen LogP contribution in [0.2, 0.25) is 0 Å². The Kier molecular flexibility index (Phi) is 4.15. The van der Waals surface area contributed by atoms with Gasteiger partial charge in [0, 0.05) is 18.3 Å². The third-order valence-electron chi connectivity index (χ3n) is 3.26. The summed E-state index contributed by atoms with van der Waals surface area (Å²) in [5.41, 5.74) is 1.46. The summed E-state index contributed by atoms with van der Waals surface area (Å²) >= 11 is 0. The summed E-state index contributed by atoms with van der Waals surface area (Å²) in [6, 6.07) is 11.8. The van der Waals surface area contributed by atoms with Gasteiger partial charge in [0.25, 0.3) is 0 Å². The predicted octanol–water partition coefficient (Wildman–Crippen LogP) is -0.0306. The summed E-state index contributed by atoms with van der Waals surface area (Å²) in [6.07, 6.45) is -0.988. The minimum Gasteiger partial charge on any atom is -0.385 e. The molecular weight excluding hydrogens is 298 g/mol. The number of rotatable bonds is 5. The van der Waals surface area contributed by atoms with Gasteiger partial charge in [0.05, 0.1) is 0 Å². The van der Waals surface area contributed by atoms with Crippen LogP contribution in [0.1, 0.15) is 11.8 Å². The van der Waals surface area contributed by atoms with E-state index in [1.54, 1.807) is 12.1 Å². The van der Waals surface area contributed by atoms with Crippen molar-refractivity contribution in [3.63, 3.8) is 0 Å². The molecule has 0 bridgehead atoms. The average molecular weight is 313 g/mol. The molecule has 3 N–H and O–H groups in total. The largest absolute Gasteiger partial charge is 0.385 e. The molecule has 0 fully saturated rings. The van der Waals surface area contributed by atoms with Crippen LogP contribution in [-0.2, 0) is 11.3 Å². The molecule has 0 radical (unpaired) electrons. The summed E-state index contributed by atoms with van der Waals surface area (Å²) in [6.45, 7) is -0.0632. The summed E-state index contributed by atoms with van der Waals surface area (Å²) in [4.78, 5) is 26.9. The number of carbonyl (C=O) groups excluding carboxylic acids is 1. The zero-order valence-electron chi connectivity index (χ0n) is 12.1. The van der Waals surface area contributed by atoms with Gasteiger partial charge < -0.3 is 15.4 Å². The van der Waals surface area contributed by atoms with Gasteiger partial charge in [0.2, 0.25) is 11.5 Å². The van der Waals surface area contributed by atoms with Crippen LogP contribution in [0.3, 0.4) is 0 Å². The maximum atomic E-state index is 11.9. The zero-order valence-corrected chi connectivity index (χ0v) is 12.1. The topological polar surface area (TPSA) is 113 Å². The Balaban J connectivity index is 1.58. The van der Waals surface area contributed by atoms with Crippen molar-refractivity contribution in [1.29, 1.82) is 0 Å². The maximum Gasteiger partial charge on any atom is 0.248 e. The van der Waals surface area contributed by atoms with Gasteiger partial charge in [0.1, 0.15) is 23.7 Å². The van der Waals surface area contributed by atoms with Crippen LogP contribution in [0.25, 0.3) is 11.0 Å². The van der Waals surface area contributed by atoms with E-state index in [0.29, 0.717) is 16.7 Å². The number of hydrogen-bond acceptors (Lipinski definition) is 5. The molecule has 118 valence electrons. The maximum absolute atomic E-state index is 11.9. The second kappa shape index (κ2) is 6.41. The first-order valence-electron chi connectivity index (χ1n) is 7.06. The number of aromatic nitrogens is 4. The molecule has 1 unspecified atom stereocenters. The molecule has 8 nitrogen and oxygen atoms in total. The molecule has 0 aliphatic carbocycles. The molecule has 2 aromatic heterocycles. The van der Waals surface area contributed by atoms with Crippen LogP contribution in [0.5, 0.6) is 0 Å². The monoisotopic (exact) mass is 313 g/mol. The Hall–Kier alpha value is -3.00. The highest BCUT2D eigenvalue weighted by atomic mass is 16.3. The van der Waals surface area contributed by atoms with Crippen molar-refractivity contribution >= 4 is 16.9 Å². The number of nitrogens with one attached hydrogen (secondary N) is 2. The van der Waals surface area contributed by atoms with Crippen molar-refractivity contribution in [3.05, 3.63) is 58.5 Å². The number of fused-ring (bicyclic) bond motifs is 1. The van der Waals surface area contributed by atoms with E-state index in [1.807, 2.05) is 24.3 Å². The molecule has 1 amide bonds. The van der Waals surface area contributed by atoms with Crippen molar-refractivity contribution in [3.8, 4) is 0 Å². The van der Waals surface area contributed by atoms with Crippen molar-refractivity contribution in [2.75, 3.05) is 6.54 Å². The highest BCUT2D eigenvalue weighted by Crippen LogP contribution is 2.07. The normalized spacial score (nSPS) is 12.2. The third-order valence-corrected chi connectivity index (χ3v) is 3.26. The molecule has 0 aliphatic rings. The molecule has 0 aliphatic heterocycles. The van der Waals surface area contributed by atoms with E-state index in [4.69, 9.17) is 0 Å².